The van der Waals surface area contributed by atoms with Crippen LogP contribution in [0.3, 0.4) is 0 Å². The van der Waals surface area contributed by atoms with E-state index in [9.17, 15) is 10.1 Å². The van der Waals surface area contributed by atoms with Crippen LogP contribution in [0.2, 0.25) is 0 Å². The maximum absolute atomic E-state index is 11.1. The third kappa shape index (κ3) is 3.89. The third-order valence-electron chi connectivity index (χ3n) is 2.43. The predicted octanol–water partition coefficient (Wildman–Crippen LogP) is 2.48. The van der Waals surface area contributed by atoms with E-state index in [1.54, 1.807) is 25.3 Å². The molecule has 0 heterocycles. The SMILES string of the molecule is CCNc1cccc(NCCCOC)c1[N+](=O)[O-]. The molecule has 0 amide bonds. The molecule has 0 aliphatic heterocycles. The van der Waals surface area contributed by atoms with Gasteiger partial charge in [0, 0.05) is 26.8 Å². The van der Waals surface area contributed by atoms with E-state index < -0.39 is 0 Å². The normalized spacial score (nSPS) is 10.1. The molecule has 18 heavy (non-hydrogen) atoms. The Kier molecular flexibility index (Phi) is 5.93. The number of nitrogens with one attached hydrogen (secondary N) is 2. The third-order valence-corrected chi connectivity index (χ3v) is 2.43. The molecule has 0 fully saturated rings. The quantitative estimate of drug-likeness (QED) is 0.423. The largest absolute Gasteiger partial charge is 0.385 e. The van der Waals surface area contributed by atoms with Gasteiger partial charge in [0.05, 0.1) is 4.92 Å². The fourth-order valence-electron chi connectivity index (χ4n) is 1.66. The summed E-state index contributed by atoms with van der Waals surface area (Å²) in [5, 5.41) is 17.2. The minimum absolute atomic E-state index is 0.0942. The molecule has 0 atom stereocenters. The summed E-state index contributed by atoms with van der Waals surface area (Å²) in [6.07, 6.45) is 0.805. The zero-order chi connectivity index (χ0) is 13.4. The number of anilines is 2. The van der Waals surface area contributed by atoms with Crippen LogP contribution >= 0.6 is 0 Å². The predicted molar refractivity (Wildman–Crippen MR) is 72.2 cm³/mol. The summed E-state index contributed by atoms with van der Waals surface area (Å²) in [4.78, 5) is 10.7. The first-order valence-electron chi connectivity index (χ1n) is 5.94. The van der Waals surface area contributed by atoms with E-state index >= 15 is 0 Å². The lowest BCUT2D eigenvalue weighted by Crippen LogP contribution is -2.08. The van der Waals surface area contributed by atoms with E-state index in [1.165, 1.54) is 0 Å². The van der Waals surface area contributed by atoms with Gasteiger partial charge in [0.1, 0.15) is 11.4 Å². The van der Waals surface area contributed by atoms with Gasteiger partial charge in [-0.2, -0.15) is 0 Å². The molecule has 0 aliphatic rings. The standard InChI is InChI=1S/C12H19N3O3/c1-3-13-10-6-4-7-11(12(10)15(16)17)14-8-5-9-18-2/h4,6-7,13-14H,3,5,8-9H2,1-2H3. The van der Waals surface area contributed by atoms with Gasteiger partial charge in [-0.15, -0.1) is 0 Å². The number of hydrogen-bond acceptors (Lipinski definition) is 5. The highest BCUT2D eigenvalue weighted by Crippen LogP contribution is 2.32. The van der Waals surface area contributed by atoms with E-state index in [1.807, 2.05) is 6.92 Å². The van der Waals surface area contributed by atoms with Crippen LogP contribution in [0.1, 0.15) is 13.3 Å². The maximum Gasteiger partial charge on any atom is 0.315 e. The lowest BCUT2D eigenvalue weighted by Gasteiger charge is -2.10. The van der Waals surface area contributed by atoms with Gasteiger partial charge in [-0.25, -0.2) is 0 Å². The molecule has 2 N–H and O–H groups in total. The van der Waals surface area contributed by atoms with Gasteiger partial charge in [-0.3, -0.25) is 10.1 Å². The van der Waals surface area contributed by atoms with Crippen LogP contribution < -0.4 is 10.6 Å². The molecule has 6 heteroatoms. The van der Waals surface area contributed by atoms with Crippen LogP contribution in [0, 0.1) is 10.1 Å². The molecule has 1 rings (SSSR count). The number of para-hydroxylation sites is 1. The Balaban J connectivity index is 2.82. The fourth-order valence-corrected chi connectivity index (χ4v) is 1.66. The van der Waals surface area contributed by atoms with Crippen LogP contribution in [0.4, 0.5) is 17.1 Å². The van der Waals surface area contributed by atoms with E-state index in [0.29, 0.717) is 31.1 Å². The molecule has 1 aromatic carbocycles. The molecular weight excluding hydrogens is 234 g/mol. The number of ether oxygens (including phenoxy) is 1. The Bertz CT molecular complexity index is 396. The van der Waals surface area contributed by atoms with Crippen LogP contribution in [-0.2, 0) is 4.74 Å². The number of nitrogens with zero attached hydrogens (tertiary/aromatic N) is 1. The topological polar surface area (TPSA) is 76.4 Å². The van der Waals surface area contributed by atoms with Gasteiger partial charge < -0.3 is 15.4 Å². The molecule has 0 bridgehead atoms. The van der Waals surface area contributed by atoms with Gasteiger partial charge in [0.25, 0.3) is 0 Å². The first-order chi connectivity index (χ1) is 8.70. The number of benzene rings is 1. The first-order valence-corrected chi connectivity index (χ1v) is 5.94. The average Bonchev–Trinajstić information content (AvgIpc) is 2.35. The minimum atomic E-state index is -0.364. The molecule has 0 saturated heterocycles. The minimum Gasteiger partial charge on any atom is -0.385 e. The second-order valence-corrected chi connectivity index (χ2v) is 3.76. The Morgan fingerprint density at radius 1 is 1.33 bits per heavy atom. The van der Waals surface area contributed by atoms with Gasteiger partial charge in [0.15, 0.2) is 0 Å². The summed E-state index contributed by atoms with van der Waals surface area (Å²) < 4.78 is 4.93. The second-order valence-electron chi connectivity index (χ2n) is 3.76. The van der Waals surface area contributed by atoms with Crippen LogP contribution in [0.5, 0.6) is 0 Å². The number of hydrogen-bond donors (Lipinski definition) is 2. The molecule has 1 aromatic rings. The van der Waals surface area contributed by atoms with Crippen molar-refractivity contribution in [1.82, 2.24) is 0 Å². The summed E-state index contributed by atoms with van der Waals surface area (Å²) in [6.45, 7) is 3.83. The van der Waals surface area contributed by atoms with Gasteiger partial charge in [-0.05, 0) is 25.5 Å². The highest BCUT2D eigenvalue weighted by Gasteiger charge is 2.18. The highest BCUT2D eigenvalue weighted by molar-refractivity contribution is 5.76. The van der Waals surface area contributed by atoms with Crippen molar-refractivity contribution < 1.29 is 9.66 Å². The molecule has 0 aromatic heterocycles. The van der Waals surface area contributed by atoms with Crippen molar-refractivity contribution in [3.63, 3.8) is 0 Å². The Labute approximate surface area is 106 Å². The molecule has 0 radical (unpaired) electrons. The molecular formula is C12H19N3O3. The van der Waals surface area contributed by atoms with Crippen molar-refractivity contribution in [2.75, 3.05) is 37.4 Å². The fraction of sp³-hybridized carbons (Fsp3) is 0.500. The summed E-state index contributed by atoms with van der Waals surface area (Å²) in [7, 11) is 1.63. The maximum atomic E-state index is 11.1. The number of methoxy groups -OCH3 is 1. The molecule has 100 valence electrons. The number of nitro groups is 1. The van der Waals surface area contributed by atoms with Gasteiger partial charge >= 0.3 is 5.69 Å². The highest BCUT2D eigenvalue weighted by atomic mass is 16.6. The van der Waals surface area contributed by atoms with Gasteiger partial charge in [-0.1, -0.05) is 6.07 Å². The molecule has 0 saturated carbocycles. The zero-order valence-electron chi connectivity index (χ0n) is 10.7. The van der Waals surface area contributed by atoms with E-state index in [0.717, 1.165) is 6.42 Å². The lowest BCUT2D eigenvalue weighted by molar-refractivity contribution is -0.383. The van der Waals surface area contributed by atoms with Crippen molar-refractivity contribution in [3.05, 3.63) is 28.3 Å². The molecule has 0 aliphatic carbocycles. The first kappa shape index (κ1) is 14.2. The molecule has 0 unspecified atom stereocenters. The van der Waals surface area contributed by atoms with Crippen LogP contribution in [0.25, 0.3) is 0 Å². The van der Waals surface area contributed by atoms with E-state index in [2.05, 4.69) is 10.6 Å². The van der Waals surface area contributed by atoms with Crippen molar-refractivity contribution in [3.8, 4) is 0 Å². The summed E-state index contributed by atoms with van der Waals surface area (Å²) in [5.74, 6) is 0. The van der Waals surface area contributed by atoms with Crippen molar-refractivity contribution in [2.24, 2.45) is 0 Å². The van der Waals surface area contributed by atoms with E-state index in [4.69, 9.17) is 4.74 Å². The van der Waals surface area contributed by atoms with Crippen molar-refractivity contribution in [2.45, 2.75) is 13.3 Å². The summed E-state index contributed by atoms with van der Waals surface area (Å²) in [5.41, 5.74) is 1.17. The smallest absolute Gasteiger partial charge is 0.315 e. The van der Waals surface area contributed by atoms with Crippen molar-refractivity contribution in [1.29, 1.82) is 0 Å². The van der Waals surface area contributed by atoms with Crippen LogP contribution in [-0.4, -0.2) is 31.7 Å². The Hall–Kier alpha value is -1.82. The average molecular weight is 253 g/mol. The van der Waals surface area contributed by atoms with Crippen LogP contribution in [0.15, 0.2) is 18.2 Å². The molecule has 6 nitrogen and oxygen atoms in total. The number of nitro benzene ring substituents is 1. The summed E-state index contributed by atoms with van der Waals surface area (Å²) >= 11 is 0. The lowest BCUT2D eigenvalue weighted by atomic mass is 10.2. The van der Waals surface area contributed by atoms with Crippen molar-refractivity contribution >= 4 is 17.1 Å². The summed E-state index contributed by atoms with van der Waals surface area (Å²) in [6, 6.07) is 5.22. The van der Waals surface area contributed by atoms with E-state index in [-0.39, 0.29) is 10.6 Å². The zero-order valence-corrected chi connectivity index (χ0v) is 10.7. The Morgan fingerprint density at radius 2 is 2.00 bits per heavy atom. The second kappa shape index (κ2) is 7.50. The monoisotopic (exact) mass is 253 g/mol. The Morgan fingerprint density at radius 3 is 2.56 bits per heavy atom. The number of rotatable bonds is 8. The van der Waals surface area contributed by atoms with Gasteiger partial charge in [0.2, 0.25) is 0 Å². The molecule has 0 spiro atoms.